The molecule has 3 heteroatoms. The third-order valence-corrected chi connectivity index (χ3v) is 10.7. The van der Waals surface area contributed by atoms with Gasteiger partial charge in [0.25, 0.3) is 0 Å². The average Bonchev–Trinajstić information content (AvgIpc) is 3.74. The number of aromatic nitrogens is 2. The first-order valence-electron chi connectivity index (χ1n) is 18.4. The van der Waals surface area contributed by atoms with Gasteiger partial charge in [0.15, 0.2) is 0 Å². The molecular formula is C50H37N3. The van der Waals surface area contributed by atoms with Crippen molar-refractivity contribution in [3.63, 3.8) is 0 Å². The zero-order valence-electron chi connectivity index (χ0n) is 29.5. The summed E-state index contributed by atoms with van der Waals surface area (Å²) in [5.41, 5.74) is 14.3. The summed E-state index contributed by atoms with van der Waals surface area (Å²) in [7, 11) is 0. The van der Waals surface area contributed by atoms with Crippen LogP contribution in [0.3, 0.4) is 0 Å². The fraction of sp³-hybridized carbons (Fsp3) is 0.0400. The zero-order chi connectivity index (χ0) is 35.3. The van der Waals surface area contributed by atoms with Crippen LogP contribution in [0.25, 0.3) is 66.1 Å². The van der Waals surface area contributed by atoms with E-state index in [1.807, 2.05) is 0 Å². The van der Waals surface area contributed by atoms with Gasteiger partial charge in [0, 0.05) is 50.0 Å². The molecule has 0 bridgehead atoms. The Bertz CT molecular complexity index is 2850. The highest BCUT2D eigenvalue weighted by Gasteiger charge is 2.17. The molecule has 8 aromatic carbocycles. The van der Waals surface area contributed by atoms with Gasteiger partial charge < -0.3 is 14.0 Å². The summed E-state index contributed by atoms with van der Waals surface area (Å²) >= 11 is 0. The quantitative estimate of drug-likeness (QED) is 0.163. The number of para-hydroxylation sites is 4. The van der Waals surface area contributed by atoms with Gasteiger partial charge in [0.05, 0.1) is 22.1 Å². The summed E-state index contributed by atoms with van der Waals surface area (Å²) in [6, 6.07) is 70.4. The molecule has 2 heterocycles. The van der Waals surface area contributed by atoms with E-state index < -0.39 is 0 Å². The number of hydrogen-bond acceptors (Lipinski definition) is 1. The summed E-state index contributed by atoms with van der Waals surface area (Å²) in [6.07, 6.45) is 1.01. The fourth-order valence-corrected chi connectivity index (χ4v) is 8.10. The molecule has 0 aliphatic heterocycles. The Kier molecular flexibility index (Phi) is 7.43. The molecule has 2 aromatic heterocycles. The van der Waals surface area contributed by atoms with Crippen molar-refractivity contribution in [3.8, 4) is 22.5 Å². The third-order valence-electron chi connectivity index (χ3n) is 10.7. The predicted octanol–water partition coefficient (Wildman–Crippen LogP) is 13.6. The lowest BCUT2D eigenvalue weighted by atomic mass is 10.0. The molecule has 0 fully saturated rings. The minimum atomic E-state index is 1.01. The van der Waals surface area contributed by atoms with Crippen molar-refractivity contribution in [2.24, 2.45) is 0 Å². The molecule has 0 saturated heterocycles. The van der Waals surface area contributed by atoms with Gasteiger partial charge in [-0.15, -0.1) is 0 Å². The second kappa shape index (κ2) is 12.7. The van der Waals surface area contributed by atoms with Crippen LogP contribution >= 0.6 is 0 Å². The van der Waals surface area contributed by atoms with E-state index in [2.05, 4.69) is 215 Å². The van der Waals surface area contributed by atoms with Crippen LogP contribution in [0.1, 0.15) is 12.5 Å². The third kappa shape index (κ3) is 5.20. The number of aryl methyl sites for hydroxylation is 1. The summed E-state index contributed by atoms with van der Waals surface area (Å²) < 4.78 is 4.76. The van der Waals surface area contributed by atoms with E-state index in [0.717, 1.165) is 29.2 Å². The molecule has 0 spiro atoms. The Morgan fingerprint density at radius 1 is 0.358 bits per heavy atom. The molecule has 0 N–H and O–H groups in total. The van der Waals surface area contributed by atoms with Crippen LogP contribution < -0.4 is 4.90 Å². The lowest BCUT2D eigenvalue weighted by Gasteiger charge is -2.26. The largest absolute Gasteiger partial charge is 0.311 e. The maximum Gasteiger partial charge on any atom is 0.0541 e. The highest BCUT2D eigenvalue weighted by Crippen LogP contribution is 2.39. The minimum absolute atomic E-state index is 1.01. The number of fused-ring (bicyclic) bond motifs is 6. The number of hydrogen-bond donors (Lipinski definition) is 0. The first kappa shape index (κ1) is 30.9. The highest BCUT2D eigenvalue weighted by atomic mass is 15.1. The maximum absolute atomic E-state index is 2.39. The average molecular weight is 680 g/mol. The van der Waals surface area contributed by atoms with Gasteiger partial charge in [0.2, 0.25) is 0 Å². The Labute approximate surface area is 309 Å². The van der Waals surface area contributed by atoms with Crippen molar-refractivity contribution in [3.05, 3.63) is 200 Å². The van der Waals surface area contributed by atoms with Crippen molar-refractivity contribution in [1.82, 2.24) is 9.13 Å². The molecule has 53 heavy (non-hydrogen) atoms. The van der Waals surface area contributed by atoms with Gasteiger partial charge >= 0.3 is 0 Å². The molecule has 10 rings (SSSR count). The molecule has 0 aliphatic carbocycles. The van der Waals surface area contributed by atoms with Crippen LogP contribution in [-0.4, -0.2) is 9.13 Å². The van der Waals surface area contributed by atoms with Crippen molar-refractivity contribution in [2.75, 3.05) is 4.90 Å². The number of anilines is 3. The van der Waals surface area contributed by atoms with Gasteiger partial charge in [0.1, 0.15) is 0 Å². The second-order valence-electron chi connectivity index (χ2n) is 13.7. The van der Waals surface area contributed by atoms with E-state index in [1.165, 1.54) is 66.0 Å². The van der Waals surface area contributed by atoms with E-state index in [9.17, 15) is 0 Å². The summed E-state index contributed by atoms with van der Waals surface area (Å²) in [5.74, 6) is 0. The van der Waals surface area contributed by atoms with Crippen LogP contribution in [0.4, 0.5) is 17.1 Å². The minimum Gasteiger partial charge on any atom is -0.311 e. The number of benzene rings is 8. The smallest absolute Gasteiger partial charge is 0.0541 e. The summed E-state index contributed by atoms with van der Waals surface area (Å²) in [4.78, 5) is 2.34. The van der Waals surface area contributed by atoms with Crippen LogP contribution in [0.2, 0.25) is 0 Å². The molecule has 0 atom stereocenters. The van der Waals surface area contributed by atoms with Crippen molar-refractivity contribution in [2.45, 2.75) is 13.3 Å². The van der Waals surface area contributed by atoms with E-state index in [1.54, 1.807) is 0 Å². The van der Waals surface area contributed by atoms with Crippen LogP contribution in [0.15, 0.2) is 194 Å². The van der Waals surface area contributed by atoms with Crippen LogP contribution in [0, 0.1) is 0 Å². The SMILES string of the molecule is CCc1ccc2c(c1)c1cc(-c3ccc(N(c4ccccc4)c4ccc(-n5c6ccccc6c6ccccc65)cc4)cc3)ccc1n2-c1ccccc1. The van der Waals surface area contributed by atoms with Gasteiger partial charge in [-0.1, -0.05) is 104 Å². The Morgan fingerprint density at radius 3 is 1.43 bits per heavy atom. The topological polar surface area (TPSA) is 13.1 Å². The molecule has 0 saturated carbocycles. The monoisotopic (exact) mass is 679 g/mol. The first-order valence-corrected chi connectivity index (χ1v) is 18.4. The van der Waals surface area contributed by atoms with Crippen LogP contribution in [0.5, 0.6) is 0 Å². The zero-order valence-corrected chi connectivity index (χ0v) is 29.5. The molecule has 0 radical (unpaired) electrons. The van der Waals surface area contributed by atoms with E-state index >= 15 is 0 Å². The van der Waals surface area contributed by atoms with Gasteiger partial charge in [-0.3, -0.25) is 0 Å². The lowest BCUT2D eigenvalue weighted by molar-refractivity contribution is 1.14. The maximum atomic E-state index is 2.39. The summed E-state index contributed by atoms with van der Waals surface area (Å²) in [5, 5.41) is 5.10. The van der Waals surface area contributed by atoms with Gasteiger partial charge in [-0.25, -0.2) is 0 Å². The molecule has 252 valence electrons. The predicted molar refractivity (Wildman–Crippen MR) is 225 cm³/mol. The second-order valence-corrected chi connectivity index (χ2v) is 13.7. The summed E-state index contributed by atoms with van der Waals surface area (Å²) in [6.45, 7) is 2.23. The standard InChI is InChI=1S/C50H37N3/c1-2-35-21-31-49-45(33-35)46-34-37(24-32-50(46)52(49)39-15-7-4-8-16-39)36-22-25-40(26-23-36)51(38-13-5-3-6-14-38)41-27-29-42(30-28-41)53-47-19-11-9-17-43(47)44-18-10-12-20-48(44)53/h3-34H,2H2,1H3. The van der Waals surface area contributed by atoms with Crippen molar-refractivity contribution < 1.29 is 0 Å². The molecular weight excluding hydrogens is 643 g/mol. The normalized spacial score (nSPS) is 11.6. The molecule has 0 amide bonds. The van der Waals surface area contributed by atoms with Gasteiger partial charge in [-0.05, 0) is 120 Å². The van der Waals surface area contributed by atoms with E-state index in [0.29, 0.717) is 0 Å². The Hall–Kier alpha value is -6.84. The molecule has 3 nitrogen and oxygen atoms in total. The fourth-order valence-electron chi connectivity index (χ4n) is 8.10. The van der Waals surface area contributed by atoms with Crippen LogP contribution in [-0.2, 0) is 6.42 Å². The molecule has 0 unspecified atom stereocenters. The van der Waals surface area contributed by atoms with E-state index in [-0.39, 0.29) is 0 Å². The van der Waals surface area contributed by atoms with E-state index in [4.69, 9.17) is 0 Å². The highest BCUT2D eigenvalue weighted by molar-refractivity contribution is 6.11. The van der Waals surface area contributed by atoms with Crippen molar-refractivity contribution in [1.29, 1.82) is 0 Å². The lowest BCUT2D eigenvalue weighted by Crippen LogP contribution is -2.10. The number of rotatable bonds is 7. The number of nitrogens with zero attached hydrogens (tertiary/aromatic N) is 3. The first-order chi connectivity index (χ1) is 26.2. The Morgan fingerprint density at radius 2 is 0.811 bits per heavy atom. The van der Waals surface area contributed by atoms with Crippen molar-refractivity contribution >= 4 is 60.7 Å². The molecule has 10 aromatic rings. The molecule has 0 aliphatic rings. The Balaban J connectivity index is 1.04. The van der Waals surface area contributed by atoms with Gasteiger partial charge in [-0.2, -0.15) is 0 Å².